The summed E-state index contributed by atoms with van der Waals surface area (Å²) in [5.74, 6) is 0. The molecular formula is C12H15N3O3. The molecule has 0 saturated heterocycles. The summed E-state index contributed by atoms with van der Waals surface area (Å²) in [7, 11) is 1.59. The third-order valence-electron chi connectivity index (χ3n) is 2.39. The van der Waals surface area contributed by atoms with Crippen molar-refractivity contribution in [2.45, 2.75) is 26.4 Å². The zero-order valence-electron chi connectivity index (χ0n) is 10.8. The second-order valence-corrected chi connectivity index (χ2v) is 5.00. The van der Waals surface area contributed by atoms with Gasteiger partial charge in [0.1, 0.15) is 5.60 Å². The molecule has 0 unspecified atom stereocenters. The summed E-state index contributed by atoms with van der Waals surface area (Å²) in [6.45, 7) is 5.23. The van der Waals surface area contributed by atoms with E-state index in [0.29, 0.717) is 11.2 Å². The molecule has 0 saturated carbocycles. The molecule has 0 atom stereocenters. The largest absolute Gasteiger partial charge is 0.443 e. The highest BCUT2D eigenvalue weighted by atomic mass is 16.6. The van der Waals surface area contributed by atoms with Crippen LogP contribution in [0.1, 0.15) is 20.8 Å². The first-order chi connectivity index (χ1) is 8.31. The Balaban J connectivity index is 2.61. The fraction of sp³-hybridized carbons (Fsp3) is 0.417. The number of rotatable bonds is 0. The smallest absolute Gasteiger partial charge is 0.424 e. The third-order valence-corrected chi connectivity index (χ3v) is 2.39. The minimum Gasteiger partial charge on any atom is -0.443 e. The predicted octanol–water partition coefficient (Wildman–Crippen LogP) is 1.52. The zero-order chi connectivity index (χ0) is 13.5. The van der Waals surface area contributed by atoms with E-state index >= 15 is 0 Å². The summed E-state index contributed by atoms with van der Waals surface area (Å²) in [6.07, 6.45) is 0.819. The maximum Gasteiger partial charge on any atom is 0.424 e. The molecule has 0 aliphatic rings. The predicted molar refractivity (Wildman–Crippen MR) is 66.6 cm³/mol. The fourth-order valence-corrected chi connectivity index (χ4v) is 1.64. The molecule has 0 spiro atoms. The Kier molecular flexibility index (Phi) is 2.73. The lowest BCUT2D eigenvalue weighted by Crippen LogP contribution is -2.34. The molecule has 2 aromatic rings. The lowest BCUT2D eigenvalue weighted by Gasteiger charge is -2.18. The first kappa shape index (κ1) is 12.3. The fourth-order valence-electron chi connectivity index (χ4n) is 1.64. The van der Waals surface area contributed by atoms with Gasteiger partial charge in [0.05, 0.1) is 5.52 Å². The van der Waals surface area contributed by atoms with Crippen molar-refractivity contribution in [3.63, 3.8) is 0 Å². The Morgan fingerprint density at radius 3 is 2.67 bits per heavy atom. The number of hydrogen-bond donors (Lipinski definition) is 0. The van der Waals surface area contributed by atoms with Crippen LogP contribution in [0.3, 0.4) is 0 Å². The molecular weight excluding hydrogens is 234 g/mol. The van der Waals surface area contributed by atoms with Crippen LogP contribution in [-0.4, -0.2) is 25.8 Å². The number of imidazole rings is 1. The molecule has 96 valence electrons. The standard InChI is InChI=1S/C12H15N3O3/c1-12(2,3)18-11(17)15-9-8(6-5-7-13-9)14(4)10(15)16/h5-7H,1-4H3. The SMILES string of the molecule is Cn1c(=O)n(C(=O)OC(C)(C)C)c2ncccc21. The van der Waals surface area contributed by atoms with Gasteiger partial charge in [-0.1, -0.05) is 0 Å². The second-order valence-electron chi connectivity index (χ2n) is 5.00. The lowest BCUT2D eigenvalue weighted by atomic mass is 10.2. The quantitative estimate of drug-likeness (QED) is 0.710. The van der Waals surface area contributed by atoms with Gasteiger partial charge in [0, 0.05) is 13.2 Å². The number of hydrogen-bond acceptors (Lipinski definition) is 4. The number of aryl methyl sites for hydroxylation is 1. The van der Waals surface area contributed by atoms with Gasteiger partial charge >= 0.3 is 11.8 Å². The molecule has 6 nitrogen and oxygen atoms in total. The van der Waals surface area contributed by atoms with Crippen molar-refractivity contribution in [3.8, 4) is 0 Å². The molecule has 0 bridgehead atoms. The van der Waals surface area contributed by atoms with Crippen molar-refractivity contribution >= 4 is 17.3 Å². The molecule has 0 aliphatic carbocycles. The maximum atomic E-state index is 12.0. The van der Waals surface area contributed by atoms with Crippen LogP contribution in [0.15, 0.2) is 23.1 Å². The number of nitrogens with zero attached hydrogens (tertiary/aromatic N) is 3. The van der Waals surface area contributed by atoms with Crippen LogP contribution in [-0.2, 0) is 11.8 Å². The molecule has 0 aliphatic heterocycles. The van der Waals surface area contributed by atoms with Crippen LogP contribution in [0.2, 0.25) is 0 Å². The van der Waals surface area contributed by atoms with Gasteiger partial charge in [0.2, 0.25) is 0 Å². The van der Waals surface area contributed by atoms with Gasteiger partial charge in [-0.15, -0.1) is 0 Å². The number of aromatic nitrogens is 3. The molecule has 2 heterocycles. The summed E-state index contributed by atoms with van der Waals surface area (Å²) in [6, 6.07) is 3.44. The molecule has 6 heteroatoms. The number of carbonyl (C=O) groups is 1. The Morgan fingerprint density at radius 1 is 1.39 bits per heavy atom. The molecule has 0 radical (unpaired) electrons. The van der Waals surface area contributed by atoms with Gasteiger partial charge in [0.15, 0.2) is 5.65 Å². The van der Waals surface area contributed by atoms with Crippen molar-refractivity contribution < 1.29 is 9.53 Å². The number of fused-ring (bicyclic) bond motifs is 1. The van der Waals surface area contributed by atoms with Crippen LogP contribution < -0.4 is 5.69 Å². The Bertz CT molecular complexity index is 661. The van der Waals surface area contributed by atoms with Crippen LogP contribution in [0.5, 0.6) is 0 Å². The summed E-state index contributed by atoms with van der Waals surface area (Å²) >= 11 is 0. The van der Waals surface area contributed by atoms with Gasteiger partial charge in [0.25, 0.3) is 0 Å². The number of ether oxygens (including phenoxy) is 1. The van der Waals surface area contributed by atoms with E-state index < -0.39 is 17.4 Å². The molecule has 0 aromatic carbocycles. The van der Waals surface area contributed by atoms with E-state index in [1.165, 1.54) is 10.8 Å². The third kappa shape index (κ3) is 2.01. The van der Waals surface area contributed by atoms with Gasteiger partial charge in [-0.3, -0.25) is 4.57 Å². The van der Waals surface area contributed by atoms with E-state index in [0.717, 1.165) is 4.57 Å². The normalized spacial score (nSPS) is 11.8. The molecule has 2 aromatic heterocycles. The topological polar surface area (TPSA) is 66.1 Å². The number of carbonyl (C=O) groups excluding carboxylic acids is 1. The van der Waals surface area contributed by atoms with Crippen molar-refractivity contribution in [2.75, 3.05) is 0 Å². The molecule has 0 amide bonds. The molecule has 2 rings (SSSR count). The summed E-state index contributed by atoms with van der Waals surface area (Å²) in [5.41, 5.74) is -0.224. The maximum absolute atomic E-state index is 12.0. The van der Waals surface area contributed by atoms with Crippen LogP contribution in [0.25, 0.3) is 11.2 Å². The highest BCUT2D eigenvalue weighted by Crippen LogP contribution is 2.12. The van der Waals surface area contributed by atoms with Gasteiger partial charge in [-0.05, 0) is 32.9 Å². The molecule has 0 N–H and O–H groups in total. The minimum absolute atomic E-state index is 0.305. The highest BCUT2D eigenvalue weighted by molar-refractivity contribution is 5.84. The van der Waals surface area contributed by atoms with Crippen LogP contribution >= 0.6 is 0 Å². The van der Waals surface area contributed by atoms with Crippen molar-refractivity contribution in [3.05, 3.63) is 28.8 Å². The van der Waals surface area contributed by atoms with Crippen molar-refractivity contribution in [1.29, 1.82) is 0 Å². The minimum atomic E-state index is -0.711. The van der Waals surface area contributed by atoms with E-state index in [1.54, 1.807) is 40.0 Å². The highest BCUT2D eigenvalue weighted by Gasteiger charge is 2.23. The lowest BCUT2D eigenvalue weighted by molar-refractivity contribution is 0.0536. The molecule has 18 heavy (non-hydrogen) atoms. The van der Waals surface area contributed by atoms with Crippen LogP contribution in [0.4, 0.5) is 4.79 Å². The van der Waals surface area contributed by atoms with E-state index in [9.17, 15) is 9.59 Å². The first-order valence-electron chi connectivity index (χ1n) is 5.57. The first-order valence-corrected chi connectivity index (χ1v) is 5.57. The second kappa shape index (κ2) is 3.97. The van der Waals surface area contributed by atoms with E-state index in [2.05, 4.69) is 4.98 Å². The van der Waals surface area contributed by atoms with Crippen molar-refractivity contribution in [1.82, 2.24) is 14.1 Å². The average molecular weight is 249 g/mol. The van der Waals surface area contributed by atoms with Gasteiger partial charge < -0.3 is 4.74 Å². The van der Waals surface area contributed by atoms with Gasteiger partial charge in [-0.2, -0.15) is 4.57 Å². The Morgan fingerprint density at radius 2 is 2.06 bits per heavy atom. The summed E-state index contributed by atoms with van der Waals surface area (Å²) in [4.78, 5) is 28.1. The summed E-state index contributed by atoms with van der Waals surface area (Å²) in [5, 5.41) is 0. The average Bonchev–Trinajstić information content (AvgIpc) is 2.50. The van der Waals surface area contributed by atoms with Crippen molar-refractivity contribution in [2.24, 2.45) is 7.05 Å². The van der Waals surface area contributed by atoms with Crippen LogP contribution in [0, 0.1) is 0 Å². The zero-order valence-corrected chi connectivity index (χ0v) is 10.8. The van der Waals surface area contributed by atoms with E-state index in [1.807, 2.05) is 0 Å². The monoisotopic (exact) mass is 249 g/mol. The van der Waals surface area contributed by atoms with E-state index in [-0.39, 0.29) is 0 Å². The Hall–Kier alpha value is -2.11. The Labute approximate surface area is 104 Å². The van der Waals surface area contributed by atoms with E-state index in [4.69, 9.17) is 4.74 Å². The summed E-state index contributed by atoms with van der Waals surface area (Å²) < 4.78 is 7.51. The van der Waals surface area contributed by atoms with Gasteiger partial charge in [-0.25, -0.2) is 14.6 Å². The number of pyridine rings is 1. The molecule has 0 fully saturated rings.